The maximum absolute atomic E-state index is 12.1. The molecule has 3 aromatic rings. The van der Waals surface area contributed by atoms with Crippen LogP contribution >= 0.6 is 23.2 Å². The van der Waals surface area contributed by atoms with Gasteiger partial charge in [-0.1, -0.05) is 65.7 Å². The summed E-state index contributed by atoms with van der Waals surface area (Å²) in [5.41, 5.74) is 1.45. The Balaban J connectivity index is 1.73. The van der Waals surface area contributed by atoms with E-state index in [0.29, 0.717) is 28.9 Å². The Morgan fingerprint density at radius 3 is 2.58 bits per heavy atom. The van der Waals surface area contributed by atoms with E-state index < -0.39 is 0 Å². The summed E-state index contributed by atoms with van der Waals surface area (Å²) in [6.45, 7) is 0.311. The molecular formula is C18H14Cl2N2O2. The zero-order chi connectivity index (χ0) is 16.9. The molecule has 0 aliphatic carbocycles. The van der Waals surface area contributed by atoms with Gasteiger partial charge in [-0.25, -0.2) is 4.98 Å². The molecule has 24 heavy (non-hydrogen) atoms. The van der Waals surface area contributed by atoms with Crippen molar-refractivity contribution in [3.63, 3.8) is 0 Å². The number of halogens is 2. The Morgan fingerprint density at radius 2 is 1.83 bits per heavy atom. The number of hydrogen-bond donors (Lipinski definition) is 1. The van der Waals surface area contributed by atoms with Crippen LogP contribution in [-0.4, -0.2) is 9.97 Å². The predicted molar refractivity (Wildman–Crippen MR) is 94.9 cm³/mol. The number of H-pyrrole nitrogens is 1. The van der Waals surface area contributed by atoms with Gasteiger partial charge in [-0.2, -0.15) is 0 Å². The van der Waals surface area contributed by atoms with E-state index in [1.807, 2.05) is 36.4 Å². The number of nitrogens with one attached hydrogen (secondary N) is 1. The Labute approximate surface area is 149 Å². The van der Waals surface area contributed by atoms with Crippen molar-refractivity contribution in [3.05, 3.63) is 92.1 Å². The van der Waals surface area contributed by atoms with E-state index in [2.05, 4.69) is 9.97 Å². The molecule has 0 saturated carbocycles. The maximum atomic E-state index is 12.1. The molecule has 122 valence electrons. The summed E-state index contributed by atoms with van der Waals surface area (Å²) < 4.78 is 5.52. The maximum Gasteiger partial charge on any atom is 0.293 e. The summed E-state index contributed by atoms with van der Waals surface area (Å²) in [7, 11) is 0. The Bertz CT molecular complexity index is 895. The second-order valence-corrected chi connectivity index (χ2v) is 5.97. The third-order valence-corrected chi connectivity index (χ3v) is 4.30. The lowest BCUT2D eigenvalue weighted by atomic mass is 10.1. The molecular weight excluding hydrogens is 347 g/mol. The molecule has 0 aliphatic heterocycles. The highest BCUT2D eigenvalue weighted by molar-refractivity contribution is 6.42. The molecule has 0 bridgehead atoms. The molecule has 2 aromatic carbocycles. The number of aromatic nitrogens is 2. The Hall–Kier alpha value is -2.30. The van der Waals surface area contributed by atoms with Gasteiger partial charge in [0.05, 0.1) is 16.2 Å². The minimum absolute atomic E-state index is 0.180. The molecule has 0 saturated heterocycles. The van der Waals surface area contributed by atoms with Crippen LogP contribution in [0.1, 0.15) is 17.0 Å². The van der Waals surface area contributed by atoms with E-state index in [4.69, 9.17) is 27.9 Å². The highest BCUT2D eigenvalue weighted by Gasteiger charge is 2.09. The fraction of sp³-hybridized carbons (Fsp3) is 0.111. The first kappa shape index (κ1) is 16.6. The van der Waals surface area contributed by atoms with Gasteiger partial charge in [0.15, 0.2) is 0 Å². The van der Waals surface area contributed by atoms with Crippen LogP contribution in [0.3, 0.4) is 0 Å². The highest BCUT2D eigenvalue weighted by atomic mass is 35.5. The van der Waals surface area contributed by atoms with Crippen LogP contribution in [0.5, 0.6) is 5.75 Å². The molecule has 0 spiro atoms. The average Bonchev–Trinajstić information content (AvgIpc) is 2.59. The lowest BCUT2D eigenvalue weighted by Crippen LogP contribution is -2.15. The van der Waals surface area contributed by atoms with Crippen LogP contribution in [0.2, 0.25) is 10.0 Å². The van der Waals surface area contributed by atoms with E-state index in [9.17, 15) is 4.79 Å². The van der Waals surface area contributed by atoms with Crippen molar-refractivity contribution in [3.8, 4) is 5.75 Å². The van der Waals surface area contributed by atoms with E-state index in [1.54, 1.807) is 12.1 Å². The lowest BCUT2D eigenvalue weighted by molar-refractivity contribution is 0.300. The van der Waals surface area contributed by atoms with Gasteiger partial charge in [0.25, 0.3) is 5.56 Å². The molecule has 1 heterocycles. The van der Waals surface area contributed by atoms with Gasteiger partial charge in [0, 0.05) is 6.42 Å². The van der Waals surface area contributed by atoms with Gasteiger partial charge < -0.3 is 9.72 Å². The van der Waals surface area contributed by atoms with Crippen molar-refractivity contribution in [1.29, 1.82) is 0 Å². The van der Waals surface area contributed by atoms with Crippen LogP contribution in [0, 0.1) is 0 Å². The minimum atomic E-state index is -0.325. The average molecular weight is 361 g/mol. The van der Waals surface area contributed by atoms with Crippen LogP contribution < -0.4 is 10.3 Å². The second-order valence-electron chi connectivity index (χ2n) is 5.19. The second kappa shape index (κ2) is 7.51. The van der Waals surface area contributed by atoms with E-state index in [-0.39, 0.29) is 11.3 Å². The first-order chi connectivity index (χ1) is 11.6. The van der Waals surface area contributed by atoms with Gasteiger partial charge in [-0.3, -0.25) is 4.79 Å². The lowest BCUT2D eigenvalue weighted by Gasteiger charge is -2.07. The fourth-order valence-electron chi connectivity index (χ4n) is 2.21. The molecule has 1 aromatic heterocycles. The summed E-state index contributed by atoms with van der Waals surface area (Å²) in [5.74, 6) is 0.677. The van der Waals surface area contributed by atoms with Crippen molar-refractivity contribution in [2.45, 2.75) is 13.0 Å². The molecule has 0 radical (unpaired) electrons. The quantitative estimate of drug-likeness (QED) is 0.739. The molecule has 4 nitrogen and oxygen atoms in total. The van der Waals surface area contributed by atoms with Crippen LogP contribution in [0.25, 0.3) is 0 Å². The number of aromatic amines is 1. The summed E-state index contributed by atoms with van der Waals surface area (Å²) in [6.07, 6.45) is 1.81. The molecule has 1 N–H and O–H groups in total. The standard InChI is InChI=1S/C18H14Cl2N2O2/c19-14-8-4-7-13(17(14)20)9-16-21-10-15(18(23)22-16)24-11-12-5-2-1-3-6-12/h1-8,10H,9,11H2,(H,21,22,23). The molecule has 0 aliphatic rings. The number of benzene rings is 2. The van der Waals surface area contributed by atoms with E-state index >= 15 is 0 Å². The Kier molecular flexibility index (Phi) is 5.18. The largest absolute Gasteiger partial charge is 0.482 e. The molecule has 0 unspecified atom stereocenters. The molecule has 3 rings (SSSR count). The smallest absolute Gasteiger partial charge is 0.293 e. The van der Waals surface area contributed by atoms with Crippen molar-refractivity contribution < 1.29 is 4.74 Å². The zero-order valence-electron chi connectivity index (χ0n) is 12.6. The molecule has 0 atom stereocenters. The predicted octanol–water partition coefficient (Wildman–Crippen LogP) is 4.25. The van der Waals surface area contributed by atoms with Crippen molar-refractivity contribution in [1.82, 2.24) is 9.97 Å². The number of rotatable bonds is 5. The number of nitrogens with zero attached hydrogens (tertiary/aromatic N) is 1. The van der Waals surface area contributed by atoms with Gasteiger partial charge >= 0.3 is 0 Å². The Morgan fingerprint density at radius 1 is 1.04 bits per heavy atom. The van der Waals surface area contributed by atoms with E-state index in [1.165, 1.54) is 6.20 Å². The summed E-state index contributed by atoms with van der Waals surface area (Å²) >= 11 is 12.1. The SMILES string of the molecule is O=c1[nH]c(Cc2cccc(Cl)c2Cl)ncc1OCc1ccccc1. The normalized spacial score (nSPS) is 10.6. The summed E-state index contributed by atoms with van der Waals surface area (Å²) in [6, 6.07) is 15.0. The highest BCUT2D eigenvalue weighted by Crippen LogP contribution is 2.26. The monoisotopic (exact) mass is 360 g/mol. The van der Waals surface area contributed by atoms with Crippen LogP contribution in [0.15, 0.2) is 59.5 Å². The summed E-state index contributed by atoms with van der Waals surface area (Å²) in [4.78, 5) is 19.1. The van der Waals surface area contributed by atoms with E-state index in [0.717, 1.165) is 11.1 Å². The van der Waals surface area contributed by atoms with Crippen LogP contribution in [0.4, 0.5) is 0 Å². The van der Waals surface area contributed by atoms with Crippen LogP contribution in [-0.2, 0) is 13.0 Å². The van der Waals surface area contributed by atoms with Gasteiger partial charge in [0.2, 0.25) is 5.75 Å². The zero-order valence-corrected chi connectivity index (χ0v) is 14.1. The van der Waals surface area contributed by atoms with Crippen molar-refractivity contribution in [2.75, 3.05) is 0 Å². The minimum Gasteiger partial charge on any atom is -0.482 e. The fourth-order valence-corrected chi connectivity index (χ4v) is 2.60. The molecule has 6 heteroatoms. The first-order valence-electron chi connectivity index (χ1n) is 7.31. The third-order valence-electron chi connectivity index (χ3n) is 3.45. The summed E-state index contributed by atoms with van der Waals surface area (Å²) in [5, 5.41) is 0.936. The number of hydrogen-bond acceptors (Lipinski definition) is 3. The van der Waals surface area contributed by atoms with Gasteiger partial charge in [-0.05, 0) is 17.2 Å². The molecule has 0 fully saturated rings. The molecule has 0 amide bonds. The van der Waals surface area contributed by atoms with Crippen molar-refractivity contribution in [2.24, 2.45) is 0 Å². The van der Waals surface area contributed by atoms with Gasteiger partial charge in [0.1, 0.15) is 12.4 Å². The topological polar surface area (TPSA) is 55.0 Å². The number of ether oxygens (including phenoxy) is 1. The third kappa shape index (κ3) is 3.96. The van der Waals surface area contributed by atoms with Gasteiger partial charge in [-0.15, -0.1) is 0 Å². The van der Waals surface area contributed by atoms with Crippen molar-refractivity contribution >= 4 is 23.2 Å². The first-order valence-corrected chi connectivity index (χ1v) is 8.07.